The molecule has 0 aliphatic carbocycles. The van der Waals surface area contributed by atoms with E-state index in [1.165, 1.54) is 0 Å². The molecule has 0 bridgehead atoms. The summed E-state index contributed by atoms with van der Waals surface area (Å²) in [6.45, 7) is 2.26. The molecule has 0 saturated carbocycles. The van der Waals surface area contributed by atoms with Crippen LogP contribution >= 0.6 is 23.2 Å². The minimum absolute atomic E-state index is 0.249. The second-order valence-corrected chi connectivity index (χ2v) is 6.01. The fourth-order valence-electron chi connectivity index (χ4n) is 2.19. The van der Waals surface area contributed by atoms with Crippen molar-refractivity contribution < 1.29 is 4.79 Å². The molecule has 5 nitrogen and oxygen atoms in total. The van der Waals surface area contributed by atoms with Crippen LogP contribution in [0.1, 0.15) is 21.6 Å². The number of benzene rings is 1. The number of halogens is 2. The third-order valence-electron chi connectivity index (χ3n) is 3.48. The average molecular weight is 361 g/mol. The summed E-state index contributed by atoms with van der Waals surface area (Å²) in [7, 11) is 0. The summed E-state index contributed by atoms with van der Waals surface area (Å²) in [5, 5.41) is 8.02. The predicted octanol–water partition coefficient (Wildman–Crippen LogP) is 4.19. The molecule has 0 radical (unpaired) electrons. The lowest BCUT2D eigenvalue weighted by Gasteiger charge is -2.11. The van der Waals surface area contributed by atoms with Gasteiger partial charge in [0.15, 0.2) is 0 Å². The summed E-state index contributed by atoms with van der Waals surface area (Å²) in [5.41, 5.74) is 2.15. The van der Waals surface area contributed by atoms with E-state index in [-0.39, 0.29) is 5.91 Å². The second-order valence-electron chi connectivity index (χ2n) is 5.23. The lowest BCUT2D eigenvalue weighted by atomic mass is 10.2. The van der Waals surface area contributed by atoms with Gasteiger partial charge >= 0.3 is 0 Å². The molecule has 0 aliphatic rings. The highest BCUT2D eigenvalue weighted by Crippen LogP contribution is 2.26. The Morgan fingerprint density at radius 2 is 2.04 bits per heavy atom. The topological polar surface area (TPSA) is 59.8 Å². The summed E-state index contributed by atoms with van der Waals surface area (Å²) < 4.78 is 1.65. The highest BCUT2D eigenvalue weighted by atomic mass is 35.5. The van der Waals surface area contributed by atoms with Crippen molar-refractivity contribution in [2.75, 3.05) is 5.32 Å². The quantitative estimate of drug-likeness (QED) is 0.758. The number of hydrogen-bond acceptors (Lipinski definition) is 3. The Morgan fingerprint density at radius 3 is 2.79 bits per heavy atom. The van der Waals surface area contributed by atoms with Gasteiger partial charge in [-0.05, 0) is 30.7 Å². The van der Waals surface area contributed by atoms with Crippen molar-refractivity contribution in [2.24, 2.45) is 0 Å². The lowest BCUT2D eigenvalue weighted by molar-refractivity contribution is 0.102. The number of pyridine rings is 1. The molecule has 3 aromatic rings. The van der Waals surface area contributed by atoms with Crippen LogP contribution in [0.2, 0.25) is 10.0 Å². The standard InChI is InChI=1S/C17H14Cl2N4O/c1-11-5-6-12(9-20-11)17(24)22-15-7-8-21-23(15)10-13-3-2-4-14(18)16(13)19/h2-9H,10H2,1H3,(H,22,24). The van der Waals surface area contributed by atoms with Crippen LogP contribution in [-0.4, -0.2) is 20.7 Å². The molecule has 0 aliphatic heterocycles. The van der Waals surface area contributed by atoms with E-state index >= 15 is 0 Å². The Morgan fingerprint density at radius 1 is 1.21 bits per heavy atom. The fraction of sp³-hybridized carbons (Fsp3) is 0.118. The van der Waals surface area contributed by atoms with Gasteiger partial charge in [-0.2, -0.15) is 5.10 Å². The lowest BCUT2D eigenvalue weighted by Crippen LogP contribution is -2.16. The molecular weight excluding hydrogens is 347 g/mol. The van der Waals surface area contributed by atoms with Crippen molar-refractivity contribution in [3.63, 3.8) is 0 Å². The maximum atomic E-state index is 12.3. The van der Waals surface area contributed by atoms with E-state index < -0.39 is 0 Å². The highest BCUT2D eigenvalue weighted by Gasteiger charge is 2.12. The maximum absolute atomic E-state index is 12.3. The van der Waals surface area contributed by atoms with Crippen LogP contribution in [0.5, 0.6) is 0 Å². The Labute approximate surface area is 149 Å². The molecule has 0 atom stereocenters. The first-order chi connectivity index (χ1) is 11.5. The largest absolute Gasteiger partial charge is 0.307 e. The van der Waals surface area contributed by atoms with E-state index in [9.17, 15) is 4.79 Å². The van der Waals surface area contributed by atoms with Crippen molar-refractivity contribution in [1.29, 1.82) is 0 Å². The Kier molecular flexibility index (Phi) is 4.83. The normalized spacial score (nSPS) is 10.6. The number of aromatic nitrogens is 3. The zero-order valence-corrected chi connectivity index (χ0v) is 14.3. The van der Waals surface area contributed by atoms with Crippen molar-refractivity contribution in [3.05, 3.63) is 75.7 Å². The van der Waals surface area contributed by atoms with E-state index in [2.05, 4.69) is 15.4 Å². The average Bonchev–Trinajstić information content (AvgIpc) is 2.99. The molecule has 1 amide bonds. The van der Waals surface area contributed by atoms with Crippen molar-refractivity contribution in [3.8, 4) is 0 Å². The number of rotatable bonds is 4. The number of aryl methyl sites for hydroxylation is 1. The minimum Gasteiger partial charge on any atom is -0.307 e. The van der Waals surface area contributed by atoms with Gasteiger partial charge < -0.3 is 5.32 Å². The number of anilines is 1. The van der Waals surface area contributed by atoms with Gasteiger partial charge in [-0.1, -0.05) is 35.3 Å². The van der Waals surface area contributed by atoms with Crippen LogP contribution in [0.25, 0.3) is 0 Å². The number of amides is 1. The molecule has 0 saturated heterocycles. The molecule has 0 unspecified atom stereocenters. The summed E-state index contributed by atoms with van der Waals surface area (Å²) >= 11 is 12.2. The SMILES string of the molecule is Cc1ccc(C(=O)Nc2ccnn2Cc2cccc(Cl)c2Cl)cn1. The van der Waals surface area contributed by atoms with Crippen LogP contribution in [0, 0.1) is 6.92 Å². The van der Waals surface area contributed by atoms with Gasteiger partial charge in [0.1, 0.15) is 5.82 Å². The third-order valence-corrected chi connectivity index (χ3v) is 4.34. The zero-order chi connectivity index (χ0) is 17.1. The molecule has 1 N–H and O–H groups in total. The minimum atomic E-state index is -0.249. The fourth-order valence-corrected chi connectivity index (χ4v) is 2.57. The van der Waals surface area contributed by atoms with Gasteiger partial charge in [-0.25, -0.2) is 4.68 Å². The summed E-state index contributed by atoms with van der Waals surface area (Å²) in [4.78, 5) is 16.4. The predicted molar refractivity (Wildman–Crippen MR) is 94.7 cm³/mol. The molecule has 7 heteroatoms. The summed E-state index contributed by atoms with van der Waals surface area (Å²) in [6, 6.07) is 10.7. The Balaban J connectivity index is 1.79. The third kappa shape index (κ3) is 3.58. The molecule has 0 fully saturated rings. The monoisotopic (exact) mass is 360 g/mol. The van der Waals surface area contributed by atoms with Gasteiger partial charge in [0.25, 0.3) is 5.91 Å². The van der Waals surface area contributed by atoms with Gasteiger partial charge in [-0.3, -0.25) is 9.78 Å². The van der Waals surface area contributed by atoms with Gasteiger partial charge in [0, 0.05) is 18.0 Å². The van der Waals surface area contributed by atoms with E-state index in [0.29, 0.717) is 28.0 Å². The molecule has 2 heterocycles. The first kappa shape index (κ1) is 16.5. The van der Waals surface area contributed by atoms with Crippen LogP contribution < -0.4 is 5.32 Å². The molecule has 0 spiro atoms. The number of nitrogens with one attached hydrogen (secondary N) is 1. The molecule has 1 aromatic carbocycles. The number of carbonyl (C=O) groups is 1. The number of nitrogens with zero attached hydrogens (tertiary/aromatic N) is 3. The van der Waals surface area contributed by atoms with Gasteiger partial charge in [-0.15, -0.1) is 0 Å². The number of hydrogen-bond donors (Lipinski definition) is 1. The van der Waals surface area contributed by atoms with Crippen molar-refractivity contribution >= 4 is 34.9 Å². The zero-order valence-electron chi connectivity index (χ0n) is 12.8. The number of carbonyl (C=O) groups excluding carboxylic acids is 1. The van der Waals surface area contributed by atoms with Crippen LogP contribution in [-0.2, 0) is 6.54 Å². The Hall–Kier alpha value is -2.37. The van der Waals surface area contributed by atoms with E-state index in [4.69, 9.17) is 23.2 Å². The van der Waals surface area contributed by atoms with Crippen LogP contribution in [0.3, 0.4) is 0 Å². The molecule has 24 heavy (non-hydrogen) atoms. The van der Waals surface area contributed by atoms with Crippen LogP contribution in [0.15, 0.2) is 48.8 Å². The van der Waals surface area contributed by atoms with E-state index in [1.54, 1.807) is 41.3 Å². The molecule has 3 rings (SSSR count). The van der Waals surface area contributed by atoms with E-state index in [0.717, 1.165) is 11.3 Å². The molecular formula is C17H14Cl2N4O. The summed E-state index contributed by atoms with van der Waals surface area (Å²) in [6.07, 6.45) is 3.15. The first-order valence-corrected chi connectivity index (χ1v) is 7.99. The van der Waals surface area contributed by atoms with Gasteiger partial charge in [0.05, 0.1) is 28.4 Å². The van der Waals surface area contributed by atoms with Crippen molar-refractivity contribution in [2.45, 2.75) is 13.5 Å². The van der Waals surface area contributed by atoms with Crippen molar-refractivity contribution in [1.82, 2.24) is 14.8 Å². The highest BCUT2D eigenvalue weighted by molar-refractivity contribution is 6.42. The summed E-state index contributed by atoms with van der Waals surface area (Å²) in [5.74, 6) is 0.318. The smallest absolute Gasteiger partial charge is 0.258 e. The second kappa shape index (κ2) is 7.03. The van der Waals surface area contributed by atoms with E-state index in [1.807, 2.05) is 19.1 Å². The first-order valence-electron chi connectivity index (χ1n) is 7.23. The van der Waals surface area contributed by atoms with Crippen LogP contribution in [0.4, 0.5) is 5.82 Å². The van der Waals surface area contributed by atoms with Gasteiger partial charge in [0.2, 0.25) is 0 Å². The maximum Gasteiger partial charge on any atom is 0.258 e. The Bertz CT molecular complexity index is 875. The molecule has 122 valence electrons. The molecule has 2 aromatic heterocycles.